The summed E-state index contributed by atoms with van der Waals surface area (Å²) in [5.74, 6) is 6.64. The van der Waals surface area contributed by atoms with E-state index in [4.69, 9.17) is 5.84 Å². The molecule has 10 heteroatoms. The Morgan fingerprint density at radius 1 is 1.32 bits per heavy atom. The quantitative estimate of drug-likeness (QED) is 0.389. The number of nitrogens with one attached hydrogen (secondary N) is 1. The molecule has 0 aliphatic rings. The van der Waals surface area contributed by atoms with Crippen molar-refractivity contribution >= 4 is 33.3 Å². The van der Waals surface area contributed by atoms with Crippen LogP contribution in [0.15, 0.2) is 34.2 Å². The summed E-state index contributed by atoms with van der Waals surface area (Å²) < 4.78 is 14.8. The van der Waals surface area contributed by atoms with Crippen LogP contribution in [0.25, 0.3) is 21.6 Å². The van der Waals surface area contributed by atoms with Crippen LogP contribution in [0.5, 0.6) is 0 Å². The largest absolute Gasteiger partial charge is 0.335 e. The number of aromatic amines is 1. The van der Waals surface area contributed by atoms with E-state index in [1.807, 2.05) is 20.8 Å². The molecule has 144 valence electrons. The zero-order valence-corrected chi connectivity index (χ0v) is 17.0. The Bertz CT molecular complexity index is 1240. The van der Waals surface area contributed by atoms with Crippen molar-refractivity contribution in [2.45, 2.75) is 31.2 Å². The zero-order valence-electron chi connectivity index (χ0n) is 15.4. The maximum absolute atomic E-state index is 13.5. The fourth-order valence-corrected chi connectivity index (χ4v) is 4.72. The molecular formula is C18H17FN6OS2. The molecule has 0 fully saturated rings. The topological polar surface area (TPSA) is 102 Å². The smallest absolute Gasteiger partial charge is 0.259 e. The number of thioether (sulfide) groups is 1. The first-order chi connectivity index (χ1) is 13.3. The monoisotopic (exact) mass is 416 g/mol. The van der Waals surface area contributed by atoms with Crippen molar-refractivity contribution in [3.05, 3.63) is 56.7 Å². The molecule has 1 unspecified atom stereocenters. The molecule has 0 aliphatic carbocycles. The van der Waals surface area contributed by atoms with Gasteiger partial charge in [-0.15, -0.1) is 21.5 Å². The van der Waals surface area contributed by atoms with Crippen molar-refractivity contribution in [3.63, 3.8) is 0 Å². The van der Waals surface area contributed by atoms with Crippen LogP contribution < -0.4 is 11.4 Å². The standard InChI is InChI=1S/C18H17FN6OS2/c1-8-9(2)27-17-13(8)16(26)21-14(22-17)10(3)28-18-24-23-15(25(18)20)11-5-4-6-12(19)7-11/h4-7,10H,20H2,1-3H3,(H,21,22,26). The summed E-state index contributed by atoms with van der Waals surface area (Å²) in [6.07, 6.45) is 0. The Hall–Kier alpha value is -2.72. The third-order valence-corrected chi connectivity index (χ3v) is 6.64. The minimum Gasteiger partial charge on any atom is -0.335 e. The number of aryl methyl sites for hydroxylation is 2. The van der Waals surface area contributed by atoms with E-state index < -0.39 is 0 Å². The fourth-order valence-electron chi connectivity index (χ4n) is 2.86. The van der Waals surface area contributed by atoms with E-state index in [0.717, 1.165) is 15.3 Å². The van der Waals surface area contributed by atoms with Crippen LogP contribution in [-0.4, -0.2) is 24.8 Å². The Morgan fingerprint density at radius 3 is 2.86 bits per heavy atom. The number of nitrogens with two attached hydrogens (primary N) is 1. The van der Waals surface area contributed by atoms with Gasteiger partial charge in [0.2, 0.25) is 5.16 Å². The number of fused-ring (bicyclic) bond motifs is 1. The average Bonchev–Trinajstić information content (AvgIpc) is 3.15. The molecule has 0 amide bonds. The highest BCUT2D eigenvalue weighted by molar-refractivity contribution is 7.99. The Kier molecular flexibility index (Phi) is 4.68. The maximum atomic E-state index is 13.5. The number of nitrogens with zero attached hydrogens (tertiary/aromatic N) is 4. The number of nitrogen functional groups attached to an aromatic ring is 1. The number of H-pyrrole nitrogens is 1. The third-order valence-electron chi connectivity index (χ3n) is 4.47. The lowest BCUT2D eigenvalue weighted by molar-refractivity contribution is 0.628. The van der Waals surface area contributed by atoms with E-state index in [1.54, 1.807) is 12.1 Å². The van der Waals surface area contributed by atoms with Crippen LogP contribution >= 0.6 is 23.1 Å². The van der Waals surface area contributed by atoms with E-state index in [1.165, 1.54) is 39.9 Å². The first kappa shape index (κ1) is 18.6. The second-order valence-electron chi connectivity index (χ2n) is 6.36. The van der Waals surface area contributed by atoms with Crippen LogP contribution in [-0.2, 0) is 0 Å². The summed E-state index contributed by atoms with van der Waals surface area (Å²) in [7, 11) is 0. The van der Waals surface area contributed by atoms with Gasteiger partial charge in [-0.05, 0) is 38.5 Å². The lowest BCUT2D eigenvalue weighted by atomic mass is 10.2. The van der Waals surface area contributed by atoms with Gasteiger partial charge in [0.05, 0.1) is 10.6 Å². The average molecular weight is 417 g/mol. The molecule has 0 bridgehead atoms. The van der Waals surface area contributed by atoms with Gasteiger partial charge in [-0.1, -0.05) is 23.9 Å². The molecule has 4 rings (SSSR count). The second-order valence-corrected chi connectivity index (χ2v) is 8.87. The number of rotatable bonds is 4. The van der Waals surface area contributed by atoms with Gasteiger partial charge in [-0.3, -0.25) is 4.79 Å². The number of hydrogen-bond acceptors (Lipinski definition) is 7. The predicted octanol–water partition coefficient (Wildman–Crippen LogP) is 3.57. The molecule has 0 aliphatic heterocycles. The first-order valence-corrected chi connectivity index (χ1v) is 10.2. The highest BCUT2D eigenvalue weighted by Gasteiger charge is 2.20. The second kappa shape index (κ2) is 7.02. The van der Waals surface area contributed by atoms with Crippen LogP contribution in [0.1, 0.15) is 28.4 Å². The van der Waals surface area contributed by atoms with Crippen molar-refractivity contribution in [1.29, 1.82) is 0 Å². The highest BCUT2D eigenvalue weighted by Crippen LogP contribution is 2.34. The third kappa shape index (κ3) is 3.18. The van der Waals surface area contributed by atoms with Gasteiger partial charge in [0.15, 0.2) is 5.82 Å². The Morgan fingerprint density at radius 2 is 2.11 bits per heavy atom. The molecule has 0 spiro atoms. The summed E-state index contributed by atoms with van der Waals surface area (Å²) in [6, 6.07) is 6.00. The molecule has 7 nitrogen and oxygen atoms in total. The van der Waals surface area contributed by atoms with E-state index in [-0.39, 0.29) is 16.6 Å². The van der Waals surface area contributed by atoms with Crippen molar-refractivity contribution in [2.24, 2.45) is 0 Å². The van der Waals surface area contributed by atoms with Crippen molar-refractivity contribution in [1.82, 2.24) is 24.8 Å². The molecular weight excluding hydrogens is 399 g/mol. The number of hydrogen-bond donors (Lipinski definition) is 2. The SMILES string of the molecule is Cc1sc2nc(C(C)Sc3nnc(-c4cccc(F)c4)n3N)[nH]c(=O)c2c1C. The molecule has 0 radical (unpaired) electrons. The molecule has 0 saturated carbocycles. The summed E-state index contributed by atoms with van der Waals surface area (Å²) in [6.45, 7) is 5.80. The van der Waals surface area contributed by atoms with Gasteiger partial charge in [-0.25, -0.2) is 14.1 Å². The highest BCUT2D eigenvalue weighted by atomic mass is 32.2. The summed E-state index contributed by atoms with van der Waals surface area (Å²) >= 11 is 2.82. The molecule has 3 aromatic heterocycles. The number of benzene rings is 1. The van der Waals surface area contributed by atoms with Crippen molar-refractivity contribution in [2.75, 3.05) is 5.84 Å². The minimum atomic E-state index is -0.375. The number of aromatic nitrogens is 5. The van der Waals surface area contributed by atoms with Gasteiger partial charge in [0.1, 0.15) is 16.5 Å². The number of thiophene rings is 1. The Balaban J connectivity index is 1.65. The zero-order chi connectivity index (χ0) is 20.0. The van der Waals surface area contributed by atoms with E-state index in [2.05, 4.69) is 20.2 Å². The van der Waals surface area contributed by atoms with Gasteiger partial charge < -0.3 is 10.8 Å². The Labute approximate surface area is 167 Å². The van der Waals surface area contributed by atoms with Crippen LogP contribution in [0.4, 0.5) is 4.39 Å². The van der Waals surface area contributed by atoms with Crippen molar-refractivity contribution in [3.8, 4) is 11.4 Å². The van der Waals surface area contributed by atoms with E-state index >= 15 is 0 Å². The van der Waals surface area contributed by atoms with Crippen molar-refractivity contribution < 1.29 is 4.39 Å². The normalized spacial score (nSPS) is 12.6. The molecule has 3 heterocycles. The lowest BCUT2D eigenvalue weighted by Crippen LogP contribution is -2.14. The first-order valence-electron chi connectivity index (χ1n) is 8.48. The molecule has 0 saturated heterocycles. The van der Waals surface area contributed by atoms with Gasteiger partial charge in [-0.2, -0.15) is 0 Å². The fraction of sp³-hybridized carbons (Fsp3) is 0.222. The van der Waals surface area contributed by atoms with Crippen LogP contribution in [0.2, 0.25) is 0 Å². The lowest BCUT2D eigenvalue weighted by Gasteiger charge is -2.10. The van der Waals surface area contributed by atoms with Gasteiger partial charge in [0.25, 0.3) is 5.56 Å². The molecule has 4 aromatic rings. The van der Waals surface area contributed by atoms with Gasteiger partial charge in [0, 0.05) is 10.4 Å². The molecule has 3 N–H and O–H groups in total. The molecule has 1 aromatic carbocycles. The van der Waals surface area contributed by atoms with E-state index in [0.29, 0.717) is 27.8 Å². The molecule has 1 atom stereocenters. The van der Waals surface area contributed by atoms with Crippen LogP contribution in [0, 0.1) is 19.7 Å². The predicted molar refractivity (Wildman–Crippen MR) is 110 cm³/mol. The summed E-state index contributed by atoms with van der Waals surface area (Å²) in [5.41, 5.74) is 1.35. The molecule has 28 heavy (non-hydrogen) atoms. The van der Waals surface area contributed by atoms with E-state index in [9.17, 15) is 9.18 Å². The maximum Gasteiger partial charge on any atom is 0.259 e. The van der Waals surface area contributed by atoms with Crippen LogP contribution in [0.3, 0.4) is 0 Å². The number of halogens is 1. The summed E-state index contributed by atoms with van der Waals surface area (Å²) in [4.78, 5) is 21.8. The minimum absolute atomic E-state index is 0.149. The summed E-state index contributed by atoms with van der Waals surface area (Å²) in [5, 5.41) is 9.03. The van der Waals surface area contributed by atoms with Gasteiger partial charge >= 0.3 is 0 Å².